The van der Waals surface area contributed by atoms with E-state index in [1.807, 2.05) is 0 Å². The van der Waals surface area contributed by atoms with Gasteiger partial charge in [0.15, 0.2) is 0 Å². The summed E-state index contributed by atoms with van der Waals surface area (Å²) in [6, 6.07) is 52.7. The topological polar surface area (TPSA) is 25.8 Å². The van der Waals surface area contributed by atoms with Gasteiger partial charge in [0, 0.05) is 33.4 Å². The fraction of sp³-hybridized carbons (Fsp3) is 0.250. The molecule has 6 aliphatic rings. The van der Waals surface area contributed by atoms with Crippen molar-refractivity contribution >= 4 is 11.1 Å². The lowest BCUT2D eigenvalue weighted by Crippen LogP contribution is -2.29. The van der Waals surface area contributed by atoms with E-state index in [4.69, 9.17) is 9.97 Å². The molecule has 1 aromatic heterocycles. The lowest BCUT2D eigenvalue weighted by Gasteiger charge is -2.37. The average molecular weight is 853 g/mol. The highest BCUT2D eigenvalue weighted by molar-refractivity contribution is 5.92. The fourth-order valence-corrected chi connectivity index (χ4v) is 13.2. The van der Waals surface area contributed by atoms with Gasteiger partial charge in [-0.15, -0.1) is 0 Å². The van der Waals surface area contributed by atoms with Crippen LogP contribution in [0.4, 0.5) is 0 Å². The number of nitrogens with zero attached hydrogens (tertiary/aromatic N) is 2. The van der Waals surface area contributed by atoms with Crippen molar-refractivity contribution in [2.24, 2.45) is 0 Å². The molecule has 2 saturated carbocycles. The van der Waals surface area contributed by atoms with Crippen LogP contribution in [0.15, 0.2) is 176 Å². The molecule has 1 heterocycles. The SMILES string of the molecule is C1=CCCC(c2nc(-c3ccc(C4C=CC(c5ccc6c(c5)-c5cc7c(cc5C65CCCCC5)-c5ccccc5C75CCCCC5)=CC4)cc3)c(-c3ccccc3)nc2-c2ccccc2)=C1. The van der Waals surface area contributed by atoms with Crippen molar-refractivity contribution in [3.8, 4) is 56.0 Å². The molecule has 2 nitrogen and oxygen atoms in total. The Bertz CT molecular complexity index is 3150. The van der Waals surface area contributed by atoms with Gasteiger partial charge in [-0.3, -0.25) is 0 Å². The van der Waals surface area contributed by atoms with Gasteiger partial charge in [0.25, 0.3) is 0 Å². The van der Waals surface area contributed by atoms with Crippen molar-refractivity contribution < 1.29 is 0 Å². The van der Waals surface area contributed by atoms with E-state index in [0.717, 1.165) is 58.7 Å². The van der Waals surface area contributed by atoms with E-state index >= 15 is 0 Å². The van der Waals surface area contributed by atoms with Crippen LogP contribution < -0.4 is 0 Å². The normalized spacial score (nSPS) is 19.5. The predicted octanol–water partition coefficient (Wildman–Crippen LogP) is 16.8. The molecular weight excluding hydrogens is 797 g/mol. The third-order valence-electron chi connectivity index (χ3n) is 16.5. The summed E-state index contributed by atoms with van der Waals surface area (Å²) >= 11 is 0. The smallest absolute Gasteiger partial charge is 0.0973 e. The third-order valence-corrected chi connectivity index (χ3v) is 16.5. The highest BCUT2D eigenvalue weighted by Gasteiger charge is 2.49. The molecule has 322 valence electrons. The first-order chi connectivity index (χ1) is 32.7. The molecule has 1 atom stereocenters. The first kappa shape index (κ1) is 39.7. The molecule has 0 N–H and O–H groups in total. The number of hydrogen-bond donors (Lipinski definition) is 0. The summed E-state index contributed by atoms with van der Waals surface area (Å²) in [6.45, 7) is 0. The van der Waals surface area contributed by atoms with Crippen LogP contribution in [-0.4, -0.2) is 9.97 Å². The van der Waals surface area contributed by atoms with Crippen molar-refractivity contribution in [3.63, 3.8) is 0 Å². The number of hydrogen-bond acceptors (Lipinski definition) is 2. The highest BCUT2D eigenvalue weighted by atomic mass is 14.9. The van der Waals surface area contributed by atoms with Gasteiger partial charge < -0.3 is 0 Å². The molecule has 0 saturated heterocycles. The maximum Gasteiger partial charge on any atom is 0.0973 e. The van der Waals surface area contributed by atoms with Crippen LogP contribution in [0.3, 0.4) is 0 Å². The van der Waals surface area contributed by atoms with E-state index in [0.29, 0.717) is 5.92 Å². The van der Waals surface area contributed by atoms with Gasteiger partial charge in [-0.2, -0.15) is 0 Å². The number of allylic oxidation sites excluding steroid dienone is 8. The largest absolute Gasteiger partial charge is 0.244 e. The van der Waals surface area contributed by atoms with Crippen LogP contribution in [0, 0.1) is 0 Å². The minimum Gasteiger partial charge on any atom is -0.244 e. The standard InChI is InChI=1S/C64H56N2/c1-6-18-46(19-7-1)59-60(47-20-8-2-9-21-47)66-62(61(65-59)48-22-10-3-11-23-48)49-32-30-44(31-33-49)43-26-28-45(29-27-43)50-34-35-56-52(40-50)54-42-57-53(41-58(54)64(56)38-16-5-17-39-64)51-24-12-13-25-55(51)63(57)36-14-4-15-37-63/h1-3,6-8,10-13,18-20,22-26,28-35,40-43H,4-5,9,14-17,21,27,36-39H2. The van der Waals surface area contributed by atoms with E-state index in [1.54, 1.807) is 22.3 Å². The van der Waals surface area contributed by atoms with E-state index in [2.05, 4.69) is 176 Å². The molecule has 2 heteroatoms. The minimum atomic E-state index is 0.130. The van der Waals surface area contributed by atoms with Crippen LogP contribution >= 0.6 is 0 Å². The summed E-state index contributed by atoms with van der Waals surface area (Å²) in [5.41, 5.74) is 25.0. The van der Waals surface area contributed by atoms with Crippen LogP contribution in [0.5, 0.6) is 0 Å². The minimum absolute atomic E-state index is 0.130. The zero-order valence-corrected chi connectivity index (χ0v) is 37.9. The number of aromatic nitrogens is 2. The van der Waals surface area contributed by atoms with Gasteiger partial charge in [-0.05, 0) is 130 Å². The lowest BCUT2D eigenvalue weighted by molar-refractivity contribution is 0.350. The first-order valence-electron chi connectivity index (χ1n) is 25.0. The molecule has 1 unspecified atom stereocenters. The van der Waals surface area contributed by atoms with Gasteiger partial charge in [0.1, 0.15) is 0 Å². The molecule has 2 fully saturated rings. The summed E-state index contributed by atoms with van der Waals surface area (Å²) in [5.74, 6) is 0.314. The summed E-state index contributed by atoms with van der Waals surface area (Å²) in [7, 11) is 0. The quantitative estimate of drug-likeness (QED) is 0.167. The Hall–Kier alpha value is -6.64. The van der Waals surface area contributed by atoms with Crippen LogP contribution in [0.1, 0.15) is 128 Å². The average Bonchev–Trinajstić information content (AvgIpc) is 3.80. The first-order valence-corrected chi connectivity index (χ1v) is 25.0. The van der Waals surface area contributed by atoms with Crippen molar-refractivity contribution in [3.05, 3.63) is 215 Å². The van der Waals surface area contributed by atoms with Crippen molar-refractivity contribution in [2.75, 3.05) is 0 Å². The molecule has 0 amide bonds. The Balaban J connectivity index is 0.828. The summed E-state index contributed by atoms with van der Waals surface area (Å²) in [4.78, 5) is 11.0. The molecule has 7 aromatic rings. The molecule has 0 aliphatic heterocycles. The second kappa shape index (κ2) is 16.1. The lowest BCUT2D eigenvalue weighted by atomic mass is 9.66. The maximum absolute atomic E-state index is 5.53. The van der Waals surface area contributed by atoms with E-state index in [9.17, 15) is 0 Å². The molecule has 13 rings (SSSR count). The molecule has 6 aliphatic carbocycles. The van der Waals surface area contributed by atoms with E-state index in [-0.39, 0.29) is 10.8 Å². The van der Waals surface area contributed by atoms with Crippen molar-refractivity contribution in [1.29, 1.82) is 0 Å². The zero-order chi connectivity index (χ0) is 43.7. The molecular formula is C64H56N2. The molecule has 66 heavy (non-hydrogen) atoms. The molecule has 6 aromatic carbocycles. The number of fused-ring (bicyclic) bond motifs is 10. The Morgan fingerprint density at radius 1 is 0.455 bits per heavy atom. The second-order valence-electron chi connectivity index (χ2n) is 20.0. The zero-order valence-electron chi connectivity index (χ0n) is 37.9. The third kappa shape index (κ3) is 6.35. The van der Waals surface area contributed by atoms with Gasteiger partial charge in [-0.1, -0.05) is 196 Å². The van der Waals surface area contributed by atoms with Crippen LogP contribution in [0.2, 0.25) is 0 Å². The highest BCUT2D eigenvalue weighted by Crippen LogP contribution is 2.62. The monoisotopic (exact) mass is 852 g/mol. The Labute approximate surface area is 390 Å². The van der Waals surface area contributed by atoms with Crippen molar-refractivity contribution in [2.45, 2.75) is 100 Å². The fourth-order valence-electron chi connectivity index (χ4n) is 13.2. The Morgan fingerprint density at radius 2 is 1.00 bits per heavy atom. The maximum atomic E-state index is 5.53. The Kier molecular flexibility index (Phi) is 9.66. The van der Waals surface area contributed by atoms with Crippen molar-refractivity contribution in [1.82, 2.24) is 9.97 Å². The van der Waals surface area contributed by atoms with Gasteiger partial charge in [0.2, 0.25) is 0 Å². The molecule has 2 spiro atoms. The Morgan fingerprint density at radius 3 is 1.62 bits per heavy atom. The molecule has 0 bridgehead atoms. The van der Waals surface area contributed by atoms with Gasteiger partial charge >= 0.3 is 0 Å². The van der Waals surface area contributed by atoms with Crippen LogP contribution in [-0.2, 0) is 10.8 Å². The van der Waals surface area contributed by atoms with E-state index < -0.39 is 0 Å². The summed E-state index contributed by atoms with van der Waals surface area (Å²) < 4.78 is 0. The van der Waals surface area contributed by atoms with Crippen LogP contribution in [0.25, 0.3) is 67.2 Å². The number of benzene rings is 6. The second-order valence-corrected chi connectivity index (χ2v) is 20.0. The number of rotatable bonds is 6. The van der Waals surface area contributed by atoms with Gasteiger partial charge in [-0.25, -0.2) is 9.97 Å². The molecule has 0 radical (unpaired) electrons. The summed E-state index contributed by atoms with van der Waals surface area (Å²) in [5, 5.41) is 0. The predicted molar refractivity (Wildman–Crippen MR) is 274 cm³/mol. The van der Waals surface area contributed by atoms with E-state index in [1.165, 1.54) is 109 Å². The van der Waals surface area contributed by atoms with Gasteiger partial charge in [0.05, 0.1) is 22.8 Å². The summed E-state index contributed by atoms with van der Waals surface area (Å²) in [6.07, 6.45) is 29.9.